The Morgan fingerprint density at radius 3 is 2.31 bits per heavy atom. The average molecular weight is 220 g/mol. The summed E-state index contributed by atoms with van der Waals surface area (Å²) in [6, 6.07) is 9.19. The summed E-state index contributed by atoms with van der Waals surface area (Å²) in [5, 5.41) is 3.48. The maximum Gasteiger partial charge on any atom is 0.0411 e. The van der Waals surface area contributed by atoms with Crippen molar-refractivity contribution in [1.29, 1.82) is 0 Å². The largest absolute Gasteiger partial charge is 0.372 e. The van der Waals surface area contributed by atoms with E-state index in [4.69, 9.17) is 0 Å². The van der Waals surface area contributed by atoms with Gasteiger partial charge in [0.1, 0.15) is 0 Å². The van der Waals surface area contributed by atoms with E-state index >= 15 is 0 Å². The molecule has 90 valence electrons. The first-order chi connectivity index (χ1) is 7.69. The van der Waals surface area contributed by atoms with Crippen LogP contribution in [-0.2, 0) is 6.54 Å². The number of anilines is 1. The fraction of sp³-hybridized carbons (Fsp3) is 0.571. The van der Waals surface area contributed by atoms with Crippen LogP contribution >= 0.6 is 0 Å². The Morgan fingerprint density at radius 1 is 1.12 bits per heavy atom. The molecule has 0 aliphatic rings. The van der Waals surface area contributed by atoms with E-state index in [1.807, 2.05) is 0 Å². The number of rotatable bonds is 6. The van der Waals surface area contributed by atoms with E-state index in [-0.39, 0.29) is 0 Å². The van der Waals surface area contributed by atoms with E-state index < -0.39 is 0 Å². The maximum absolute atomic E-state index is 3.48. The molecule has 0 aliphatic carbocycles. The number of nitrogens with one attached hydrogen (secondary N) is 1. The van der Waals surface area contributed by atoms with Crippen molar-refractivity contribution in [3.8, 4) is 0 Å². The van der Waals surface area contributed by atoms with E-state index in [1.165, 1.54) is 11.3 Å². The summed E-state index contributed by atoms with van der Waals surface area (Å²) < 4.78 is 0. The van der Waals surface area contributed by atoms with E-state index in [9.17, 15) is 0 Å². The summed E-state index contributed by atoms with van der Waals surface area (Å²) in [5.41, 5.74) is 2.75. The average Bonchev–Trinajstić information content (AvgIpc) is 2.29. The minimum Gasteiger partial charge on any atom is -0.372 e. The second-order valence-electron chi connectivity index (χ2n) is 4.34. The van der Waals surface area contributed by atoms with Crippen molar-refractivity contribution in [2.75, 3.05) is 18.0 Å². The lowest BCUT2D eigenvalue weighted by Gasteiger charge is -2.24. The smallest absolute Gasteiger partial charge is 0.0411 e. The van der Waals surface area contributed by atoms with Crippen LogP contribution in [0.3, 0.4) is 0 Å². The monoisotopic (exact) mass is 220 g/mol. The van der Waals surface area contributed by atoms with Gasteiger partial charge in [-0.2, -0.15) is 0 Å². The van der Waals surface area contributed by atoms with Gasteiger partial charge in [0.15, 0.2) is 0 Å². The van der Waals surface area contributed by atoms with Crippen LogP contribution in [0.5, 0.6) is 0 Å². The molecule has 0 radical (unpaired) electrons. The normalized spacial score (nSPS) is 10.8. The van der Waals surface area contributed by atoms with Crippen LogP contribution in [0, 0.1) is 0 Å². The Labute approximate surface area is 99.7 Å². The van der Waals surface area contributed by atoms with Crippen molar-refractivity contribution in [1.82, 2.24) is 5.32 Å². The summed E-state index contributed by atoms with van der Waals surface area (Å²) in [4.78, 5) is 2.40. The van der Waals surface area contributed by atoms with Gasteiger partial charge in [0.2, 0.25) is 0 Å². The molecule has 0 amide bonds. The lowest BCUT2D eigenvalue weighted by atomic mass is 10.1. The highest BCUT2D eigenvalue weighted by Gasteiger charge is 2.07. The Hall–Kier alpha value is -1.02. The number of benzene rings is 1. The minimum atomic E-state index is 0.532. The highest BCUT2D eigenvalue weighted by molar-refractivity contribution is 5.53. The quantitative estimate of drug-likeness (QED) is 0.792. The molecule has 16 heavy (non-hydrogen) atoms. The van der Waals surface area contributed by atoms with Gasteiger partial charge in [-0.05, 0) is 25.5 Å². The molecule has 0 unspecified atom stereocenters. The molecular weight excluding hydrogens is 196 g/mol. The van der Waals surface area contributed by atoms with Gasteiger partial charge < -0.3 is 10.2 Å². The summed E-state index contributed by atoms with van der Waals surface area (Å²) in [7, 11) is 0. The standard InChI is InChI=1S/C14H24N2/c1-5-16(6-2)14-10-8-7-9-13(14)11-15-12(3)4/h7-10,12,15H,5-6,11H2,1-4H3. The first kappa shape index (κ1) is 13.0. The molecule has 0 saturated heterocycles. The third-order valence-electron chi connectivity index (χ3n) is 2.80. The number of hydrogen-bond donors (Lipinski definition) is 1. The predicted octanol–water partition coefficient (Wildman–Crippen LogP) is 3.03. The zero-order valence-electron chi connectivity index (χ0n) is 11.0. The van der Waals surface area contributed by atoms with Gasteiger partial charge in [-0.1, -0.05) is 32.0 Å². The van der Waals surface area contributed by atoms with Gasteiger partial charge in [0, 0.05) is 31.4 Å². The second kappa shape index (κ2) is 6.54. The maximum atomic E-state index is 3.48. The molecule has 1 aromatic carbocycles. The van der Waals surface area contributed by atoms with Crippen LogP contribution in [0.2, 0.25) is 0 Å². The molecule has 0 spiro atoms. The lowest BCUT2D eigenvalue weighted by Crippen LogP contribution is -2.26. The Bertz CT molecular complexity index is 303. The van der Waals surface area contributed by atoms with Crippen molar-refractivity contribution >= 4 is 5.69 Å². The number of nitrogens with zero attached hydrogens (tertiary/aromatic N) is 1. The van der Waals surface area contributed by atoms with Gasteiger partial charge in [-0.25, -0.2) is 0 Å². The molecule has 0 fully saturated rings. The molecular formula is C14H24N2. The molecule has 2 heteroatoms. The lowest BCUT2D eigenvalue weighted by molar-refractivity contribution is 0.588. The molecule has 2 nitrogen and oxygen atoms in total. The number of para-hydroxylation sites is 1. The molecule has 1 rings (SSSR count). The zero-order chi connectivity index (χ0) is 12.0. The summed E-state index contributed by atoms with van der Waals surface area (Å²) in [6.07, 6.45) is 0. The van der Waals surface area contributed by atoms with E-state index in [0.717, 1.165) is 19.6 Å². The fourth-order valence-electron chi connectivity index (χ4n) is 1.85. The van der Waals surface area contributed by atoms with E-state index in [1.54, 1.807) is 0 Å². The minimum absolute atomic E-state index is 0.532. The zero-order valence-corrected chi connectivity index (χ0v) is 11.0. The molecule has 0 atom stereocenters. The SMILES string of the molecule is CCN(CC)c1ccccc1CNC(C)C. The van der Waals surface area contributed by atoms with Crippen molar-refractivity contribution in [3.63, 3.8) is 0 Å². The highest BCUT2D eigenvalue weighted by Crippen LogP contribution is 2.19. The van der Waals surface area contributed by atoms with Crippen LogP contribution in [0.1, 0.15) is 33.3 Å². The highest BCUT2D eigenvalue weighted by atomic mass is 15.1. The van der Waals surface area contributed by atoms with Crippen molar-refractivity contribution < 1.29 is 0 Å². The van der Waals surface area contributed by atoms with E-state index in [2.05, 4.69) is 62.2 Å². The van der Waals surface area contributed by atoms with Crippen LogP contribution in [0.4, 0.5) is 5.69 Å². The molecule has 1 aromatic rings. The predicted molar refractivity (Wildman–Crippen MR) is 72.0 cm³/mol. The topological polar surface area (TPSA) is 15.3 Å². The summed E-state index contributed by atoms with van der Waals surface area (Å²) >= 11 is 0. The summed E-state index contributed by atoms with van der Waals surface area (Å²) in [6.45, 7) is 11.8. The first-order valence-corrected chi connectivity index (χ1v) is 6.25. The van der Waals surface area contributed by atoms with Crippen LogP contribution in [-0.4, -0.2) is 19.1 Å². The second-order valence-corrected chi connectivity index (χ2v) is 4.34. The fourth-order valence-corrected chi connectivity index (χ4v) is 1.85. The van der Waals surface area contributed by atoms with Crippen molar-refractivity contribution in [3.05, 3.63) is 29.8 Å². The van der Waals surface area contributed by atoms with Crippen LogP contribution in [0.25, 0.3) is 0 Å². The van der Waals surface area contributed by atoms with Crippen LogP contribution in [0.15, 0.2) is 24.3 Å². The molecule has 0 saturated carbocycles. The Kier molecular flexibility index (Phi) is 5.33. The van der Waals surface area contributed by atoms with Gasteiger partial charge in [0.05, 0.1) is 0 Å². The van der Waals surface area contributed by atoms with Crippen molar-refractivity contribution in [2.45, 2.75) is 40.3 Å². The molecule has 0 bridgehead atoms. The number of hydrogen-bond acceptors (Lipinski definition) is 2. The molecule has 1 N–H and O–H groups in total. The Morgan fingerprint density at radius 2 is 1.75 bits per heavy atom. The van der Waals surface area contributed by atoms with Gasteiger partial charge in [-0.15, -0.1) is 0 Å². The molecule has 0 heterocycles. The van der Waals surface area contributed by atoms with Crippen LogP contribution < -0.4 is 10.2 Å². The third-order valence-corrected chi connectivity index (χ3v) is 2.80. The van der Waals surface area contributed by atoms with Crippen molar-refractivity contribution in [2.24, 2.45) is 0 Å². The van der Waals surface area contributed by atoms with Gasteiger partial charge in [-0.3, -0.25) is 0 Å². The van der Waals surface area contributed by atoms with Gasteiger partial charge in [0.25, 0.3) is 0 Å². The van der Waals surface area contributed by atoms with E-state index in [0.29, 0.717) is 6.04 Å². The Balaban J connectivity index is 2.82. The molecule has 0 aliphatic heterocycles. The third kappa shape index (κ3) is 3.53. The van der Waals surface area contributed by atoms with Gasteiger partial charge >= 0.3 is 0 Å². The first-order valence-electron chi connectivity index (χ1n) is 6.25. The molecule has 0 aromatic heterocycles. The summed E-state index contributed by atoms with van der Waals surface area (Å²) in [5.74, 6) is 0.